The van der Waals surface area contributed by atoms with Gasteiger partial charge in [-0.25, -0.2) is 0 Å². The molecule has 0 aliphatic heterocycles. The van der Waals surface area contributed by atoms with E-state index in [1.54, 1.807) is 0 Å². The van der Waals surface area contributed by atoms with Crippen LogP contribution in [0.25, 0.3) is 0 Å². The summed E-state index contributed by atoms with van der Waals surface area (Å²) in [7, 11) is -5.52. The largest absolute Gasteiger partial charge is 0.519 e. The Labute approximate surface area is 57.3 Å². The SMILES string of the molecule is O=[SH2]=NS(=O)(=O)C(F)(F)F. The van der Waals surface area contributed by atoms with Crippen LogP contribution in [-0.4, -0.2) is 18.1 Å². The molecule has 0 amide bonds. The van der Waals surface area contributed by atoms with Gasteiger partial charge < -0.3 is 0 Å². The summed E-state index contributed by atoms with van der Waals surface area (Å²) in [5, 5.41) is 0. The van der Waals surface area contributed by atoms with E-state index < -0.39 is 27.0 Å². The van der Waals surface area contributed by atoms with Crippen molar-refractivity contribution >= 4 is 21.5 Å². The zero-order valence-electron chi connectivity index (χ0n) is 4.21. The van der Waals surface area contributed by atoms with Gasteiger partial charge in [-0.2, -0.15) is 21.6 Å². The van der Waals surface area contributed by atoms with Gasteiger partial charge in [-0.1, -0.05) is 0 Å². The third-order valence-electron chi connectivity index (χ3n) is 0.450. The molecule has 0 rings (SSSR count). The quantitative estimate of drug-likeness (QED) is 0.579. The van der Waals surface area contributed by atoms with E-state index in [2.05, 4.69) is 0 Å². The summed E-state index contributed by atoms with van der Waals surface area (Å²) in [6.07, 6.45) is 0. The standard InChI is InChI=1S/CH2F3NO3S2/c2-1(3,4)10(7,8)5-9-6/h9H2. The normalized spacial score (nSPS) is 14.3. The summed E-state index contributed by atoms with van der Waals surface area (Å²) < 4.78 is 64.4. The Balaban J connectivity index is 4.97. The van der Waals surface area contributed by atoms with Crippen LogP contribution < -0.4 is 0 Å². The fraction of sp³-hybridized carbons (Fsp3) is 1.00. The molecule has 0 saturated carbocycles. The van der Waals surface area contributed by atoms with E-state index in [-0.39, 0.29) is 0 Å². The van der Waals surface area contributed by atoms with E-state index in [4.69, 9.17) is 0 Å². The van der Waals surface area contributed by atoms with E-state index >= 15 is 0 Å². The monoisotopic (exact) mass is 197 g/mol. The molecule has 4 nitrogen and oxygen atoms in total. The van der Waals surface area contributed by atoms with Crippen LogP contribution in [0.4, 0.5) is 13.2 Å². The zero-order chi connectivity index (χ0) is 8.41. The van der Waals surface area contributed by atoms with E-state index in [9.17, 15) is 25.8 Å². The molecule has 10 heavy (non-hydrogen) atoms. The van der Waals surface area contributed by atoms with Crippen LogP contribution in [0.5, 0.6) is 0 Å². The van der Waals surface area contributed by atoms with Gasteiger partial charge in [-0.3, -0.25) is 4.21 Å². The van der Waals surface area contributed by atoms with Gasteiger partial charge in [0.25, 0.3) is 0 Å². The minimum atomic E-state index is -5.52. The first-order valence-electron chi connectivity index (χ1n) is 1.71. The average molecular weight is 197 g/mol. The second kappa shape index (κ2) is 2.74. The van der Waals surface area contributed by atoms with Gasteiger partial charge >= 0.3 is 15.5 Å². The van der Waals surface area contributed by atoms with Crippen molar-refractivity contribution in [2.75, 3.05) is 0 Å². The number of hydrogen-bond acceptors (Lipinski definition) is 3. The van der Waals surface area contributed by atoms with Crippen molar-refractivity contribution in [3.8, 4) is 0 Å². The van der Waals surface area contributed by atoms with Gasteiger partial charge in [0.2, 0.25) is 0 Å². The summed E-state index contributed by atoms with van der Waals surface area (Å²) in [5.41, 5.74) is -5.44. The Hall–Kier alpha value is -0.310. The maximum Gasteiger partial charge on any atom is 0.519 e. The van der Waals surface area contributed by atoms with Crippen molar-refractivity contribution in [2.45, 2.75) is 5.51 Å². The number of nitrogens with zero attached hydrogens (tertiary/aromatic N) is 1. The first-order valence-corrected chi connectivity index (χ1v) is 4.01. The molecule has 0 N–H and O–H groups in total. The molecule has 0 heterocycles. The van der Waals surface area contributed by atoms with Crippen molar-refractivity contribution in [2.24, 2.45) is 3.77 Å². The zero-order valence-corrected chi connectivity index (χ0v) is 6.03. The smallest absolute Gasteiger partial charge is 0.255 e. The van der Waals surface area contributed by atoms with Gasteiger partial charge in [-0.05, 0) is 0 Å². The lowest BCUT2D eigenvalue weighted by atomic mass is 11.6. The third kappa shape index (κ3) is 2.14. The number of sulfonamides is 1. The molecular weight excluding hydrogens is 195 g/mol. The lowest BCUT2D eigenvalue weighted by Crippen LogP contribution is -2.19. The minimum Gasteiger partial charge on any atom is -0.255 e. The Morgan fingerprint density at radius 3 is 1.80 bits per heavy atom. The summed E-state index contributed by atoms with van der Waals surface area (Å²) in [6.45, 7) is 0. The third-order valence-corrected chi connectivity index (χ3v) is 2.29. The molecule has 0 bridgehead atoms. The van der Waals surface area contributed by atoms with Gasteiger partial charge in [-0.15, -0.1) is 3.77 Å². The highest BCUT2D eigenvalue weighted by Crippen LogP contribution is 2.23. The summed E-state index contributed by atoms with van der Waals surface area (Å²) >= 11 is -1.85. The molecule has 0 aromatic rings. The molecular formula is CH2F3NO3S2. The van der Waals surface area contributed by atoms with Crippen LogP contribution in [0, 0.1) is 0 Å². The van der Waals surface area contributed by atoms with Gasteiger partial charge in [0.1, 0.15) is 0 Å². The van der Waals surface area contributed by atoms with Crippen LogP contribution in [0.1, 0.15) is 0 Å². The molecule has 0 aliphatic rings. The average Bonchev–Trinajstić information content (AvgIpc) is 1.61. The van der Waals surface area contributed by atoms with E-state index in [1.807, 2.05) is 3.77 Å². The molecule has 9 heteroatoms. The first kappa shape index (κ1) is 9.69. The van der Waals surface area contributed by atoms with E-state index in [0.717, 1.165) is 0 Å². The van der Waals surface area contributed by atoms with Crippen molar-refractivity contribution in [3.63, 3.8) is 0 Å². The molecule has 0 aromatic heterocycles. The summed E-state index contributed by atoms with van der Waals surface area (Å²) in [6, 6.07) is 0. The summed E-state index contributed by atoms with van der Waals surface area (Å²) in [5.74, 6) is 0. The molecule has 0 atom stereocenters. The van der Waals surface area contributed by atoms with Crippen molar-refractivity contribution < 1.29 is 25.8 Å². The molecule has 0 aliphatic carbocycles. The maximum absolute atomic E-state index is 11.2. The molecule has 0 saturated heterocycles. The highest BCUT2D eigenvalue weighted by molar-refractivity contribution is 7.94. The number of halogens is 3. The topological polar surface area (TPSA) is 63.6 Å². The Morgan fingerprint density at radius 2 is 1.70 bits per heavy atom. The number of rotatable bonds is 1. The Bertz CT molecular complexity index is 258. The first-order chi connectivity index (χ1) is 4.31. The molecule has 0 aromatic carbocycles. The second-order valence-corrected chi connectivity index (χ2v) is 3.43. The molecule has 62 valence electrons. The van der Waals surface area contributed by atoms with Gasteiger partial charge in [0.05, 0.1) is 0 Å². The van der Waals surface area contributed by atoms with E-state index in [0.29, 0.717) is 0 Å². The lowest BCUT2D eigenvalue weighted by Gasteiger charge is -1.98. The highest BCUT2D eigenvalue weighted by atomic mass is 32.2. The molecule has 0 unspecified atom stereocenters. The Morgan fingerprint density at radius 1 is 1.30 bits per heavy atom. The predicted molar refractivity (Wildman–Crippen MR) is 28.3 cm³/mol. The van der Waals surface area contributed by atoms with E-state index in [1.165, 1.54) is 0 Å². The number of alkyl halides is 3. The summed E-state index contributed by atoms with van der Waals surface area (Å²) in [4.78, 5) is 0. The van der Waals surface area contributed by atoms with Crippen LogP contribution in [0.3, 0.4) is 0 Å². The minimum absolute atomic E-state index is 1.85. The van der Waals surface area contributed by atoms with Crippen molar-refractivity contribution in [1.29, 1.82) is 0 Å². The van der Waals surface area contributed by atoms with Crippen molar-refractivity contribution in [3.05, 3.63) is 0 Å². The molecule has 0 fully saturated rings. The van der Waals surface area contributed by atoms with Gasteiger partial charge in [0, 0.05) is 11.5 Å². The Kier molecular flexibility index (Phi) is 2.66. The fourth-order valence-corrected chi connectivity index (χ4v) is 0.907. The molecule has 0 spiro atoms. The molecule has 0 radical (unpaired) electrons. The highest BCUT2D eigenvalue weighted by Gasteiger charge is 2.45. The second-order valence-electron chi connectivity index (χ2n) is 1.10. The predicted octanol–water partition coefficient (Wildman–Crippen LogP) is -0.303. The van der Waals surface area contributed by atoms with Crippen LogP contribution in [-0.2, 0) is 21.5 Å². The fourth-order valence-electron chi connectivity index (χ4n) is 0.101. The van der Waals surface area contributed by atoms with Crippen LogP contribution >= 0.6 is 0 Å². The maximum atomic E-state index is 11.2. The lowest BCUT2D eigenvalue weighted by molar-refractivity contribution is -0.0434. The van der Waals surface area contributed by atoms with Crippen molar-refractivity contribution in [1.82, 2.24) is 0 Å². The van der Waals surface area contributed by atoms with Crippen LogP contribution in [0.2, 0.25) is 0 Å². The van der Waals surface area contributed by atoms with Crippen LogP contribution in [0.15, 0.2) is 3.77 Å². The van der Waals surface area contributed by atoms with Gasteiger partial charge in [0.15, 0.2) is 0 Å². The number of hydrogen-bond donors (Lipinski definition) is 0.